The predicted octanol–water partition coefficient (Wildman–Crippen LogP) is 1.46. The van der Waals surface area contributed by atoms with Crippen molar-refractivity contribution in [1.29, 1.82) is 0 Å². The maximum absolute atomic E-state index is 13.3. The van der Waals surface area contributed by atoms with Gasteiger partial charge in [0.05, 0.1) is 17.6 Å². The molecule has 0 aromatic heterocycles. The van der Waals surface area contributed by atoms with E-state index in [1.807, 2.05) is 5.32 Å². The second-order valence-electron chi connectivity index (χ2n) is 6.40. The maximum Gasteiger partial charge on any atom is 0.416 e. The maximum atomic E-state index is 13.3. The van der Waals surface area contributed by atoms with Gasteiger partial charge in [-0.05, 0) is 24.6 Å². The van der Waals surface area contributed by atoms with E-state index in [1.54, 1.807) is 0 Å². The van der Waals surface area contributed by atoms with Crippen LogP contribution in [0.5, 0.6) is 0 Å². The molecule has 6 nitrogen and oxygen atoms in total. The van der Waals surface area contributed by atoms with Gasteiger partial charge in [-0.1, -0.05) is 12.1 Å². The van der Waals surface area contributed by atoms with Gasteiger partial charge in [0.15, 0.2) is 6.35 Å². The Morgan fingerprint density at radius 1 is 1.11 bits per heavy atom. The quantitative estimate of drug-likeness (QED) is 0.568. The molecule has 150 valence electrons. The molecule has 3 rings (SSSR count). The number of halogens is 6. The normalized spacial score (nSPS) is 30.7. The van der Waals surface area contributed by atoms with Gasteiger partial charge in [0.1, 0.15) is 6.04 Å². The zero-order valence-electron chi connectivity index (χ0n) is 13.8. The van der Waals surface area contributed by atoms with E-state index in [2.05, 4.69) is 10.7 Å². The molecule has 0 saturated carbocycles. The number of amides is 1. The van der Waals surface area contributed by atoms with E-state index in [1.165, 1.54) is 6.92 Å². The molecule has 4 N–H and O–H groups in total. The first-order chi connectivity index (χ1) is 12.4. The summed E-state index contributed by atoms with van der Waals surface area (Å²) in [5.41, 5.74) is 1.64. The lowest BCUT2D eigenvalue weighted by atomic mass is 9.95. The number of nitrogens with zero attached hydrogens (tertiary/aromatic N) is 1. The molecule has 27 heavy (non-hydrogen) atoms. The number of nitrogens with one attached hydrogen (secondary N) is 3. The largest absolute Gasteiger partial charge is 0.416 e. The van der Waals surface area contributed by atoms with Gasteiger partial charge >= 0.3 is 12.4 Å². The molecule has 1 aromatic carbocycles. The zero-order valence-corrected chi connectivity index (χ0v) is 13.8. The Balaban J connectivity index is 1.89. The van der Waals surface area contributed by atoms with E-state index in [9.17, 15) is 36.2 Å². The molecule has 1 aromatic rings. The van der Waals surface area contributed by atoms with E-state index < -0.39 is 54.3 Å². The minimum absolute atomic E-state index is 0.305. The molecule has 0 radical (unpaired) electrons. The van der Waals surface area contributed by atoms with Crippen molar-refractivity contribution in [2.45, 2.75) is 43.9 Å². The summed E-state index contributed by atoms with van der Waals surface area (Å²) in [7, 11) is 0. The lowest BCUT2D eigenvalue weighted by Crippen LogP contribution is -2.65. The summed E-state index contributed by atoms with van der Waals surface area (Å²) in [4.78, 5) is 12.0. The van der Waals surface area contributed by atoms with Crippen LogP contribution in [0, 0.1) is 5.92 Å². The van der Waals surface area contributed by atoms with Crippen molar-refractivity contribution in [3.8, 4) is 0 Å². The monoisotopic (exact) mass is 398 g/mol. The molecule has 2 aliphatic heterocycles. The van der Waals surface area contributed by atoms with Crippen molar-refractivity contribution in [3.63, 3.8) is 0 Å². The number of hydrogen-bond acceptors (Lipinski definition) is 5. The molecular formula is C15H16F6N4O2. The first kappa shape index (κ1) is 19.9. The van der Waals surface area contributed by atoms with E-state index in [4.69, 9.17) is 0 Å². The standard InChI is InChI=1S/C15H16F6N4O2/c1-6(7-2-4-8(5-3-7)14(16,17)18)25-11-9(10(24-25)15(19,20)21)12(26)23-13(27)22-11/h2-6,9-11,13,22,24,27H,1H3,(H,23,26). The fourth-order valence-electron chi connectivity index (χ4n) is 3.33. The van der Waals surface area contributed by atoms with Crippen LogP contribution in [0.3, 0.4) is 0 Å². The number of benzene rings is 1. The highest BCUT2D eigenvalue weighted by Gasteiger charge is 2.59. The number of carbonyl (C=O) groups excluding carboxylic acids is 1. The van der Waals surface area contributed by atoms with Crippen LogP contribution >= 0.6 is 0 Å². The third-order valence-corrected chi connectivity index (χ3v) is 4.69. The van der Waals surface area contributed by atoms with Gasteiger partial charge < -0.3 is 10.4 Å². The SMILES string of the molecule is CC(c1ccc(C(F)(F)F)cc1)N1NC(C(F)(F)F)C2C(=O)NC(O)NC21. The van der Waals surface area contributed by atoms with Crippen molar-refractivity contribution in [2.24, 2.45) is 5.92 Å². The number of carbonyl (C=O) groups is 1. The van der Waals surface area contributed by atoms with Crippen LogP contribution in [-0.2, 0) is 11.0 Å². The minimum Gasteiger partial charge on any atom is -0.361 e. The number of aliphatic hydroxyl groups excluding tert-OH is 1. The van der Waals surface area contributed by atoms with Gasteiger partial charge in [0, 0.05) is 6.04 Å². The first-order valence-corrected chi connectivity index (χ1v) is 7.92. The summed E-state index contributed by atoms with van der Waals surface area (Å²) in [5, 5.41) is 15.1. The smallest absolute Gasteiger partial charge is 0.361 e. The number of fused-ring (bicyclic) bond motifs is 1. The number of alkyl halides is 6. The average Bonchev–Trinajstić information content (AvgIpc) is 2.93. The third-order valence-electron chi connectivity index (χ3n) is 4.69. The Hall–Kier alpha value is -1.89. The van der Waals surface area contributed by atoms with Crippen molar-refractivity contribution in [1.82, 2.24) is 21.1 Å². The topological polar surface area (TPSA) is 76.6 Å². The highest BCUT2D eigenvalue weighted by atomic mass is 19.4. The second-order valence-corrected chi connectivity index (χ2v) is 6.40. The summed E-state index contributed by atoms with van der Waals surface area (Å²) < 4.78 is 78.1. The van der Waals surface area contributed by atoms with Crippen LogP contribution in [0.4, 0.5) is 26.3 Å². The molecule has 5 atom stereocenters. The van der Waals surface area contributed by atoms with Gasteiger partial charge in [-0.2, -0.15) is 26.3 Å². The van der Waals surface area contributed by atoms with Crippen molar-refractivity contribution in [2.75, 3.05) is 0 Å². The Morgan fingerprint density at radius 2 is 1.70 bits per heavy atom. The first-order valence-electron chi connectivity index (χ1n) is 7.92. The second kappa shape index (κ2) is 6.62. The molecule has 0 bridgehead atoms. The van der Waals surface area contributed by atoms with E-state index in [-0.39, 0.29) is 0 Å². The van der Waals surface area contributed by atoms with Crippen LogP contribution in [0.15, 0.2) is 24.3 Å². The molecule has 2 aliphatic rings. The van der Waals surface area contributed by atoms with Crippen LogP contribution in [-0.4, -0.2) is 40.8 Å². The van der Waals surface area contributed by atoms with Crippen LogP contribution in [0.25, 0.3) is 0 Å². The third kappa shape index (κ3) is 3.74. The molecule has 1 amide bonds. The highest BCUT2D eigenvalue weighted by molar-refractivity contribution is 5.81. The van der Waals surface area contributed by atoms with Gasteiger partial charge in [-0.15, -0.1) is 0 Å². The fraction of sp³-hybridized carbons (Fsp3) is 0.533. The van der Waals surface area contributed by atoms with Gasteiger partial charge in [-0.25, -0.2) is 10.4 Å². The molecular weight excluding hydrogens is 382 g/mol. The Bertz CT molecular complexity index is 708. The molecule has 0 aliphatic carbocycles. The summed E-state index contributed by atoms with van der Waals surface area (Å²) >= 11 is 0. The molecule has 2 saturated heterocycles. The lowest BCUT2D eigenvalue weighted by Gasteiger charge is -2.37. The molecule has 2 fully saturated rings. The van der Waals surface area contributed by atoms with Crippen molar-refractivity contribution in [3.05, 3.63) is 35.4 Å². The summed E-state index contributed by atoms with van der Waals surface area (Å²) in [5.74, 6) is -2.56. The predicted molar refractivity (Wildman–Crippen MR) is 79.2 cm³/mol. The Labute approximate surface area is 149 Å². The summed E-state index contributed by atoms with van der Waals surface area (Å²) in [6.45, 7) is 1.48. The van der Waals surface area contributed by atoms with E-state index in [0.29, 0.717) is 5.56 Å². The molecule has 0 spiro atoms. The summed E-state index contributed by atoms with van der Waals surface area (Å²) in [6.07, 6.45) is -12.0. The minimum atomic E-state index is -4.75. The van der Waals surface area contributed by atoms with Gasteiger partial charge in [0.2, 0.25) is 5.91 Å². The molecule has 5 unspecified atom stereocenters. The van der Waals surface area contributed by atoms with Crippen molar-refractivity contribution >= 4 is 5.91 Å². The highest BCUT2D eigenvalue weighted by Crippen LogP contribution is 2.38. The van der Waals surface area contributed by atoms with Crippen LogP contribution in [0.1, 0.15) is 24.1 Å². The Kier molecular flexibility index (Phi) is 4.87. The van der Waals surface area contributed by atoms with Crippen LogP contribution in [0.2, 0.25) is 0 Å². The lowest BCUT2D eigenvalue weighted by molar-refractivity contribution is -0.172. The fourth-order valence-corrected chi connectivity index (χ4v) is 3.33. The van der Waals surface area contributed by atoms with E-state index >= 15 is 0 Å². The van der Waals surface area contributed by atoms with E-state index in [0.717, 1.165) is 29.3 Å². The van der Waals surface area contributed by atoms with Gasteiger partial charge in [-0.3, -0.25) is 10.1 Å². The molecule has 12 heteroatoms. The Morgan fingerprint density at radius 3 is 2.22 bits per heavy atom. The number of aliphatic hydroxyl groups is 1. The van der Waals surface area contributed by atoms with Gasteiger partial charge in [0.25, 0.3) is 0 Å². The summed E-state index contributed by atoms with van der Waals surface area (Å²) in [6, 6.07) is 0.944. The number of hydrazine groups is 1. The number of rotatable bonds is 2. The number of hydrogen-bond donors (Lipinski definition) is 4. The molecule has 2 heterocycles. The zero-order chi connectivity index (χ0) is 20.1. The van der Waals surface area contributed by atoms with Crippen LogP contribution < -0.4 is 16.1 Å². The van der Waals surface area contributed by atoms with Crippen molar-refractivity contribution < 1.29 is 36.2 Å². The average molecular weight is 398 g/mol.